The molecule has 0 aromatic rings. The van der Waals surface area contributed by atoms with Gasteiger partial charge in [0, 0.05) is 33.0 Å². The van der Waals surface area contributed by atoms with E-state index in [1.165, 1.54) is 11.2 Å². The Bertz CT molecular complexity index is 383. The Balaban J connectivity index is 2.60. The van der Waals surface area contributed by atoms with Gasteiger partial charge in [-0.2, -0.15) is 0 Å². The molecule has 0 aliphatic heterocycles. The Morgan fingerprint density at radius 1 is 1.44 bits per heavy atom. The zero-order valence-electron chi connectivity index (χ0n) is 11.2. The first-order valence-electron chi connectivity index (χ1n) is 6.06. The molecule has 106 valence electrons. The second-order valence-electron chi connectivity index (χ2n) is 4.70. The van der Waals surface area contributed by atoms with Crippen molar-refractivity contribution in [2.75, 3.05) is 33.6 Å². The van der Waals surface area contributed by atoms with Gasteiger partial charge in [0.1, 0.15) is 0 Å². The number of ether oxygens (including phenoxy) is 1. The summed E-state index contributed by atoms with van der Waals surface area (Å²) in [5.41, 5.74) is 0. The molecule has 0 unspecified atom stereocenters. The number of hydrogen-bond acceptors (Lipinski definition) is 4. The van der Waals surface area contributed by atoms with E-state index in [0.717, 1.165) is 12.8 Å². The van der Waals surface area contributed by atoms with Gasteiger partial charge in [-0.15, -0.1) is 0 Å². The Kier molecular flexibility index (Phi) is 5.40. The van der Waals surface area contributed by atoms with E-state index in [4.69, 9.17) is 4.74 Å². The minimum absolute atomic E-state index is 0.220. The first kappa shape index (κ1) is 15.2. The molecule has 2 atom stereocenters. The van der Waals surface area contributed by atoms with Crippen LogP contribution in [-0.2, 0) is 14.6 Å². The van der Waals surface area contributed by atoms with Crippen LogP contribution in [0.25, 0.3) is 0 Å². The molecule has 1 N–H and O–H groups in total. The third kappa shape index (κ3) is 3.84. The first-order chi connectivity index (χ1) is 8.38. The summed E-state index contributed by atoms with van der Waals surface area (Å²) in [5, 5.41) is 2.26. The summed E-state index contributed by atoms with van der Waals surface area (Å²) in [6.07, 6.45) is 3.47. The molecule has 1 fully saturated rings. The molecule has 1 aliphatic carbocycles. The maximum atomic E-state index is 11.8. The highest BCUT2D eigenvalue weighted by molar-refractivity contribution is 7.91. The van der Waals surface area contributed by atoms with Crippen molar-refractivity contribution in [3.63, 3.8) is 0 Å². The van der Waals surface area contributed by atoms with Crippen molar-refractivity contribution in [3.05, 3.63) is 0 Å². The van der Waals surface area contributed by atoms with E-state index in [1.807, 2.05) is 0 Å². The number of carbonyl (C=O) groups excluding carboxylic acids is 1. The lowest BCUT2D eigenvalue weighted by atomic mass is 10.2. The van der Waals surface area contributed by atoms with Gasteiger partial charge in [0.2, 0.25) is 0 Å². The zero-order valence-corrected chi connectivity index (χ0v) is 12.0. The first-order valence-corrected chi connectivity index (χ1v) is 8.02. The van der Waals surface area contributed by atoms with E-state index >= 15 is 0 Å². The van der Waals surface area contributed by atoms with Crippen molar-refractivity contribution in [1.82, 2.24) is 10.2 Å². The Morgan fingerprint density at radius 2 is 2.11 bits per heavy atom. The lowest BCUT2D eigenvalue weighted by Gasteiger charge is -2.28. The molecular weight excluding hydrogens is 256 g/mol. The summed E-state index contributed by atoms with van der Waals surface area (Å²) >= 11 is 0. The maximum absolute atomic E-state index is 11.8. The smallest absolute Gasteiger partial charge is 0.317 e. The highest BCUT2D eigenvalue weighted by atomic mass is 32.2. The lowest BCUT2D eigenvalue weighted by Crippen LogP contribution is -2.49. The summed E-state index contributed by atoms with van der Waals surface area (Å²) in [6, 6.07) is -0.463. The molecule has 0 spiro atoms. The van der Waals surface area contributed by atoms with Crippen LogP contribution in [0.15, 0.2) is 0 Å². The van der Waals surface area contributed by atoms with E-state index in [2.05, 4.69) is 5.32 Å². The highest BCUT2D eigenvalue weighted by Gasteiger charge is 2.38. The average Bonchev–Trinajstić information content (AvgIpc) is 2.76. The van der Waals surface area contributed by atoms with Crippen LogP contribution in [0, 0.1) is 0 Å². The van der Waals surface area contributed by atoms with Crippen LogP contribution >= 0.6 is 0 Å². The summed E-state index contributed by atoms with van der Waals surface area (Å²) < 4.78 is 28.1. The van der Waals surface area contributed by atoms with Crippen molar-refractivity contribution in [2.45, 2.75) is 30.6 Å². The van der Waals surface area contributed by atoms with Gasteiger partial charge in [-0.1, -0.05) is 0 Å². The third-order valence-electron chi connectivity index (χ3n) is 3.37. The van der Waals surface area contributed by atoms with E-state index in [1.54, 1.807) is 14.2 Å². The standard InChI is InChI=1S/C11H22N2O4S/c1-13(11(14)12-7-8-17-2)9-5-4-6-10(9)18(3,15)16/h9-10H,4-8H2,1-3H3,(H,12,14)/t9-,10+/m0/s1. The number of urea groups is 1. The van der Waals surface area contributed by atoms with Gasteiger partial charge in [0.05, 0.1) is 11.9 Å². The van der Waals surface area contributed by atoms with Crippen LogP contribution < -0.4 is 5.32 Å². The number of sulfone groups is 1. The molecule has 0 aromatic carbocycles. The largest absolute Gasteiger partial charge is 0.383 e. The molecule has 0 radical (unpaired) electrons. The molecule has 1 rings (SSSR count). The summed E-state index contributed by atoms with van der Waals surface area (Å²) in [5.74, 6) is 0. The topological polar surface area (TPSA) is 75.7 Å². The van der Waals surface area contributed by atoms with Crippen molar-refractivity contribution < 1.29 is 17.9 Å². The Morgan fingerprint density at radius 3 is 2.67 bits per heavy atom. The van der Waals surface area contributed by atoms with Gasteiger partial charge >= 0.3 is 6.03 Å². The number of hydrogen-bond donors (Lipinski definition) is 1. The average molecular weight is 278 g/mol. The lowest BCUT2D eigenvalue weighted by molar-refractivity contribution is 0.175. The van der Waals surface area contributed by atoms with Gasteiger partial charge < -0.3 is 15.0 Å². The van der Waals surface area contributed by atoms with Crippen LogP contribution in [0.3, 0.4) is 0 Å². The van der Waals surface area contributed by atoms with Crippen LogP contribution in [-0.4, -0.2) is 64.2 Å². The zero-order chi connectivity index (χ0) is 13.8. The van der Waals surface area contributed by atoms with Crippen molar-refractivity contribution in [3.8, 4) is 0 Å². The van der Waals surface area contributed by atoms with Crippen LogP contribution in [0.5, 0.6) is 0 Å². The summed E-state index contributed by atoms with van der Waals surface area (Å²) in [4.78, 5) is 13.4. The van der Waals surface area contributed by atoms with Crippen molar-refractivity contribution in [2.24, 2.45) is 0 Å². The van der Waals surface area contributed by atoms with Crippen LogP contribution in [0.4, 0.5) is 4.79 Å². The molecule has 1 saturated carbocycles. The fourth-order valence-electron chi connectivity index (χ4n) is 2.38. The molecule has 18 heavy (non-hydrogen) atoms. The predicted molar refractivity (Wildman–Crippen MR) is 69.3 cm³/mol. The van der Waals surface area contributed by atoms with Gasteiger partial charge in [-0.3, -0.25) is 0 Å². The molecule has 1 aliphatic rings. The van der Waals surface area contributed by atoms with Crippen molar-refractivity contribution in [1.29, 1.82) is 0 Å². The minimum atomic E-state index is -3.10. The minimum Gasteiger partial charge on any atom is -0.383 e. The Hall–Kier alpha value is -0.820. The molecular formula is C11H22N2O4S. The normalized spacial score (nSPS) is 23.9. The fourth-order valence-corrected chi connectivity index (χ4v) is 3.87. The molecule has 0 heterocycles. The van der Waals surface area contributed by atoms with E-state index < -0.39 is 15.1 Å². The maximum Gasteiger partial charge on any atom is 0.317 e. The number of nitrogens with zero attached hydrogens (tertiary/aromatic N) is 1. The second kappa shape index (κ2) is 6.38. The second-order valence-corrected chi connectivity index (χ2v) is 6.97. The molecule has 6 nitrogen and oxygen atoms in total. The Labute approximate surface area is 109 Å². The monoisotopic (exact) mass is 278 g/mol. The van der Waals surface area contributed by atoms with E-state index in [9.17, 15) is 13.2 Å². The molecule has 0 saturated heterocycles. The van der Waals surface area contributed by atoms with Crippen molar-refractivity contribution >= 4 is 15.9 Å². The molecule has 7 heteroatoms. The molecule has 0 aromatic heterocycles. The number of carbonyl (C=O) groups is 1. The third-order valence-corrected chi connectivity index (χ3v) is 5.02. The van der Waals surface area contributed by atoms with Crippen LogP contribution in [0.2, 0.25) is 0 Å². The van der Waals surface area contributed by atoms with Gasteiger partial charge in [0.15, 0.2) is 9.84 Å². The highest BCUT2D eigenvalue weighted by Crippen LogP contribution is 2.28. The predicted octanol–water partition coefficient (Wildman–Crippen LogP) is 0.240. The summed E-state index contributed by atoms with van der Waals surface area (Å²) in [6.45, 7) is 0.871. The number of methoxy groups -OCH3 is 1. The summed E-state index contributed by atoms with van der Waals surface area (Å²) in [7, 11) is 0.109. The van der Waals surface area contributed by atoms with E-state index in [0.29, 0.717) is 19.6 Å². The van der Waals surface area contributed by atoms with Gasteiger partial charge in [-0.05, 0) is 19.3 Å². The molecule has 2 amide bonds. The number of rotatable bonds is 5. The SMILES string of the molecule is COCCNC(=O)N(C)[C@H]1CCC[C@H]1S(C)(=O)=O. The quantitative estimate of drug-likeness (QED) is 0.731. The number of amides is 2. The van der Waals surface area contributed by atoms with E-state index in [-0.39, 0.29) is 12.1 Å². The number of nitrogens with one attached hydrogen (secondary N) is 1. The molecule has 0 bridgehead atoms. The van der Waals surface area contributed by atoms with Gasteiger partial charge in [-0.25, -0.2) is 13.2 Å². The fraction of sp³-hybridized carbons (Fsp3) is 0.909. The van der Waals surface area contributed by atoms with Gasteiger partial charge in [0.25, 0.3) is 0 Å². The van der Waals surface area contributed by atoms with Crippen LogP contribution in [0.1, 0.15) is 19.3 Å².